The number of hydrogen-bond donors (Lipinski definition) is 1. The SMILES string of the molecule is c1cncc(-c2nc(NCc3ccnc(OC4CCOC4)c3)c3ccccc3n2)c1. The Morgan fingerprint density at radius 2 is 2.03 bits per heavy atom. The second-order valence-electron chi connectivity index (χ2n) is 7.11. The number of benzene rings is 1. The molecule has 5 rings (SSSR count). The lowest BCUT2D eigenvalue weighted by Gasteiger charge is -2.13. The van der Waals surface area contributed by atoms with Crippen molar-refractivity contribution in [3.05, 3.63) is 72.7 Å². The smallest absolute Gasteiger partial charge is 0.213 e. The van der Waals surface area contributed by atoms with E-state index < -0.39 is 0 Å². The normalized spacial score (nSPS) is 15.9. The Morgan fingerprint density at radius 3 is 2.90 bits per heavy atom. The van der Waals surface area contributed by atoms with Crippen LogP contribution < -0.4 is 10.1 Å². The zero-order valence-electron chi connectivity index (χ0n) is 16.4. The molecule has 150 valence electrons. The number of fused-ring (bicyclic) bond motifs is 1. The summed E-state index contributed by atoms with van der Waals surface area (Å²) in [5, 5.41) is 4.43. The van der Waals surface area contributed by atoms with Gasteiger partial charge in [-0.3, -0.25) is 4.98 Å². The number of nitrogens with one attached hydrogen (secondary N) is 1. The molecule has 0 spiro atoms. The predicted molar refractivity (Wildman–Crippen MR) is 114 cm³/mol. The van der Waals surface area contributed by atoms with Gasteiger partial charge in [0.15, 0.2) is 5.82 Å². The summed E-state index contributed by atoms with van der Waals surface area (Å²) in [6.45, 7) is 1.95. The monoisotopic (exact) mass is 399 g/mol. The van der Waals surface area contributed by atoms with Crippen LogP contribution in [0.3, 0.4) is 0 Å². The molecule has 0 saturated carbocycles. The molecular formula is C23H21N5O2. The largest absolute Gasteiger partial charge is 0.472 e. The van der Waals surface area contributed by atoms with Crippen molar-refractivity contribution in [1.29, 1.82) is 0 Å². The summed E-state index contributed by atoms with van der Waals surface area (Å²) in [6, 6.07) is 15.7. The van der Waals surface area contributed by atoms with Crippen molar-refractivity contribution in [1.82, 2.24) is 19.9 Å². The molecule has 0 aliphatic carbocycles. The number of para-hydroxylation sites is 1. The Labute approximate surface area is 174 Å². The molecule has 1 saturated heterocycles. The van der Waals surface area contributed by atoms with E-state index in [1.807, 2.05) is 48.5 Å². The molecule has 4 aromatic rings. The molecule has 0 radical (unpaired) electrons. The lowest BCUT2D eigenvalue weighted by Crippen LogP contribution is -2.16. The predicted octanol–water partition coefficient (Wildman–Crippen LogP) is 3.87. The molecule has 4 heterocycles. The van der Waals surface area contributed by atoms with Crippen molar-refractivity contribution in [2.45, 2.75) is 19.1 Å². The summed E-state index contributed by atoms with van der Waals surface area (Å²) in [7, 11) is 0. The van der Waals surface area contributed by atoms with E-state index in [2.05, 4.69) is 15.3 Å². The first-order valence-corrected chi connectivity index (χ1v) is 9.95. The second kappa shape index (κ2) is 8.42. The molecule has 1 aromatic carbocycles. The Balaban J connectivity index is 1.40. The fourth-order valence-electron chi connectivity index (χ4n) is 3.42. The summed E-state index contributed by atoms with van der Waals surface area (Å²) < 4.78 is 11.3. The quantitative estimate of drug-likeness (QED) is 0.527. The molecule has 1 atom stereocenters. The zero-order chi connectivity index (χ0) is 20.2. The minimum Gasteiger partial charge on any atom is -0.472 e. The molecule has 7 nitrogen and oxygen atoms in total. The Hall–Kier alpha value is -3.58. The maximum Gasteiger partial charge on any atom is 0.213 e. The number of anilines is 1. The van der Waals surface area contributed by atoms with Crippen LogP contribution in [-0.2, 0) is 11.3 Å². The highest BCUT2D eigenvalue weighted by molar-refractivity contribution is 5.90. The van der Waals surface area contributed by atoms with Gasteiger partial charge in [-0.15, -0.1) is 0 Å². The van der Waals surface area contributed by atoms with Crippen LogP contribution in [0.5, 0.6) is 5.88 Å². The van der Waals surface area contributed by atoms with Gasteiger partial charge in [0.2, 0.25) is 5.88 Å². The van der Waals surface area contributed by atoms with Gasteiger partial charge in [0.05, 0.1) is 18.7 Å². The number of hydrogen-bond acceptors (Lipinski definition) is 7. The van der Waals surface area contributed by atoms with Gasteiger partial charge >= 0.3 is 0 Å². The van der Waals surface area contributed by atoms with Crippen molar-refractivity contribution in [2.24, 2.45) is 0 Å². The maximum absolute atomic E-state index is 5.92. The molecule has 0 amide bonds. The van der Waals surface area contributed by atoms with Crippen LogP contribution in [0.1, 0.15) is 12.0 Å². The van der Waals surface area contributed by atoms with E-state index in [0.29, 0.717) is 24.9 Å². The minimum atomic E-state index is 0.0774. The highest BCUT2D eigenvalue weighted by atomic mass is 16.5. The highest BCUT2D eigenvalue weighted by Gasteiger charge is 2.17. The number of ether oxygens (including phenoxy) is 2. The molecule has 1 N–H and O–H groups in total. The molecule has 30 heavy (non-hydrogen) atoms. The minimum absolute atomic E-state index is 0.0774. The molecule has 3 aromatic heterocycles. The van der Waals surface area contributed by atoms with Gasteiger partial charge in [0, 0.05) is 48.6 Å². The van der Waals surface area contributed by atoms with E-state index in [0.717, 1.165) is 40.9 Å². The third-order valence-electron chi connectivity index (χ3n) is 4.96. The average molecular weight is 399 g/mol. The lowest BCUT2D eigenvalue weighted by molar-refractivity contribution is 0.138. The summed E-state index contributed by atoms with van der Waals surface area (Å²) in [4.78, 5) is 18.0. The van der Waals surface area contributed by atoms with Gasteiger partial charge in [-0.1, -0.05) is 12.1 Å². The van der Waals surface area contributed by atoms with Crippen LogP contribution in [0.4, 0.5) is 5.82 Å². The number of rotatable bonds is 6. The van der Waals surface area contributed by atoms with Gasteiger partial charge in [-0.25, -0.2) is 15.0 Å². The van der Waals surface area contributed by atoms with Crippen molar-refractivity contribution in [2.75, 3.05) is 18.5 Å². The molecule has 7 heteroatoms. The molecular weight excluding hydrogens is 378 g/mol. The van der Waals surface area contributed by atoms with E-state index in [-0.39, 0.29) is 6.10 Å². The summed E-state index contributed by atoms with van der Waals surface area (Å²) in [5.74, 6) is 2.04. The summed E-state index contributed by atoms with van der Waals surface area (Å²) in [5.41, 5.74) is 2.82. The van der Waals surface area contributed by atoms with Gasteiger partial charge in [-0.2, -0.15) is 0 Å². The van der Waals surface area contributed by atoms with Gasteiger partial charge in [0.1, 0.15) is 11.9 Å². The highest BCUT2D eigenvalue weighted by Crippen LogP contribution is 2.25. The number of pyridine rings is 2. The summed E-state index contributed by atoms with van der Waals surface area (Å²) >= 11 is 0. The van der Waals surface area contributed by atoms with Crippen molar-refractivity contribution >= 4 is 16.7 Å². The standard InChI is InChI=1S/C23H21N5O2/c1-2-6-20-19(5-1)23(28-22(27-20)17-4-3-9-24-14-17)26-13-16-7-10-25-21(12-16)30-18-8-11-29-15-18/h1-7,9-10,12,14,18H,8,11,13,15H2,(H,26,27,28). The van der Waals surface area contributed by atoms with Crippen LogP contribution in [-0.4, -0.2) is 39.3 Å². The maximum atomic E-state index is 5.92. The van der Waals surface area contributed by atoms with E-state index >= 15 is 0 Å². The third-order valence-corrected chi connectivity index (χ3v) is 4.96. The van der Waals surface area contributed by atoms with Crippen molar-refractivity contribution in [3.8, 4) is 17.3 Å². The third kappa shape index (κ3) is 4.06. The summed E-state index contributed by atoms with van der Waals surface area (Å²) in [6.07, 6.45) is 6.25. The van der Waals surface area contributed by atoms with E-state index in [1.165, 1.54) is 0 Å². The second-order valence-corrected chi connectivity index (χ2v) is 7.11. The first-order valence-electron chi connectivity index (χ1n) is 9.95. The average Bonchev–Trinajstić information content (AvgIpc) is 3.31. The van der Waals surface area contributed by atoms with Crippen LogP contribution in [0.25, 0.3) is 22.3 Å². The van der Waals surface area contributed by atoms with Gasteiger partial charge in [-0.05, 0) is 35.9 Å². The topological polar surface area (TPSA) is 82.1 Å². The van der Waals surface area contributed by atoms with Gasteiger partial charge < -0.3 is 14.8 Å². The van der Waals surface area contributed by atoms with Crippen molar-refractivity contribution < 1.29 is 9.47 Å². The lowest BCUT2D eigenvalue weighted by atomic mass is 10.2. The molecule has 0 bridgehead atoms. The van der Waals surface area contributed by atoms with Crippen molar-refractivity contribution in [3.63, 3.8) is 0 Å². The van der Waals surface area contributed by atoms with Crippen LogP contribution in [0.15, 0.2) is 67.1 Å². The van der Waals surface area contributed by atoms with Gasteiger partial charge in [0.25, 0.3) is 0 Å². The number of aromatic nitrogens is 4. The van der Waals surface area contributed by atoms with Crippen LogP contribution in [0, 0.1) is 0 Å². The first kappa shape index (κ1) is 18.4. The Kier molecular flexibility index (Phi) is 5.18. The van der Waals surface area contributed by atoms with E-state index in [9.17, 15) is 0 Å². The fraction of sp³-hybridized carbons (Fsp3) is 0.217. The number of nitrogens with zero attached hydrogens (tertiary/aromatic N) is 4. The zero-order valence-corrected chi connectivity index (χ0v) is 16.4. The van der Waals surface area contributed by atoms with Crippen LogP contribution in [0.2, 0.25) is 0 Å². The first-order chi connectivity index (χ1) is 14.8. The molecule has 1 fully saturated rings. The fourth-order valence-corrected chi connectivity index (χ4v) is 3.42. The Morgan fingerprint density at radius 1 is 1.07 bits per heavy atom. The Bertz CT molecular complexity index is 1150. The molecule has 1 aliphatic rings. The molecule has 1 aliphatic heterocycles. The van der Waals surface area contributed by atoms with Crippen LogP contribution >= 0.6 is 0 Å². The van der Waals surface area contributed by atoms with E-state index in [1.54, 1.807) is 18.6 Å². The van der Waals surface area contributed by atoms with E-state index in [4.69, 9.17) is 19.4 Å². The molecule has 1 unspecified atom stereocenters.